The lowest BCUT2D eigenvalue weighted by Crippen LogP contribution is -2.15. The van der Waals surface area contributed by atoms with Gasteiger partial charge < -0.3 is 15.4 Å². The molecule has 0 aliphatic rings. The Morgan fingerprint density at radius 2 is 2.00 bits per heavy atom. The van der Waals surface area contributed by atoms with Crippen molar-refractivity contribution in [2.75, 3.05) is 6.61 Å². The van der Waals surface area contributed by atoms with E-state index in [2.05, 4.69) is 15.0 Å². The van der Waals surface area contributed by atoms with Gasteiger partial charge in [-0.25, -0.2) is 15.0 Å². The molecule has 106 valence electrons. The fraction of sp³-hybridized carbons (Fsp3) is 0.143. The van der Waals surface area contributed by atoms with Crippen LogP contribution in [-0.4, -0.2) is 37.1 Å². The molecule has 0 saturated heterocycles. The van der Waals surface area contributed by atoms with E-state index in [9.17, 15) is 4.79 Å². The first-order chi connectivity index (χ1) is 10.2. The zero-order chi connectivity index (χ0) is 14.8. The zero-order valence-corrected chi connectivity index (χ0v) is 11.1. The molecule has 0 spiro atoms. The number of carbonyl (C=O) groups excluding carboxylic acids is 1. The Morgan fingerprint density at radius 1 is 1.24 bits per heavy atom. The molecule has 7 nitrogen and oxygen atoms in total. The molecule has 2 heterocycles. The van der Waals surface area contributed by atoms with Gasteiger partial charge in [-0.3, -0.25) is 4.79 Å². The van der Waals surface area contributed by atoms with Crippen molar-refractivity contribution in [2.24, 2.45) is 5.73 Å². The van der Waals surface area contributed by atoms with Gasteiger partial charge in [0.15, 0.2) is 17.2 Å². The van der Waals surface area contributed by atoms with Crippen LogP contribution in [0.25, 0.3) is 22.6 Å². The molecule has 0 aliphatic heterocycles. The van der Waals surface area contributed by atoms with Crippen LogP contribution >= 0.6 is 0 Å². The molecule has 0 radical (unpaired) electrons. The van der Waals surface area contributed by atoms with Crippen LogP contribution in [0.15, 0.2) is 36.7 Å². The summed E-state index contributed by atoms with van der Waals surface area (Å²) in [7, 11) is 0. The number of aliphatic hydroxyl groups is 1. The number of benzene rings is 1. The van der Waals surface area contributed by atoms with Gasteiger partial charge in [-0.15, -0.1) is 0 Å². The van der Waals surface area contributed by atoms with Crippen molar-refractivity contribution in [2.45, 2.75) is 6.54 Å². The van der Waals surface area contributed by atoms with Crippen LogP contribution in [0.3, 0.4) is 0 Å². The first kappa shape index (κ1) is 13.2. The van der Waals surface area contributed by atoms with Crippen molar-refractivity contribution in [1.82, 2.24) is 19.5 Å². The molecule has 1 aromatic carbocycles. The second kappa shape index (κ2) is 5.29. The van der Waals surface area contributed by atoms with Crippen LogP contribution in [0.5, 0.6) is 0 Å². The number of carbonyl (C=O) groups is 1. The van der Waals surface area contributed by atoms with E-state index in [0.717, 1.165) is 5.56 Å². The summed E-state index contributed by atoms with van der Waals surface area (Å²) in [4.78, 5) is 24.4. The summed E-state index contributed by atoms with van der Waals surface area (Å²) in [6.45, 7) is 0.280. The second-order valence-corrected chi connectivity index (χ2v) is 4.46. The molecule has 0 atom stereocenters. The number of primary amides is 1. The van der Waals surface area contributed by atoms with Gasteiger partial charge in [0.1, 0.15) is 5.52 Å². The van der Waals surface area contributed by atoms with Gasteiger partial charge in [-0.1, -0.05) is 30.3 Å². The lowest BCUT2D eigenvalue weighted by Gasteiger charge is -2.05. The van der Waals surface area contributed by atoms with Crippen molar-refractivity contribution in [1.29, 1.82) is 0 Å². The number of aromatic nitrogens is 4. The number of hydrogen-bond acceptors (Lipinski definition) is 5. The number of amides is 1. The lowest BCUT2D eigenvalue weighted by atomic mass is 10.2. The summed E-state index contributed by atoms with van der Waals surface area (Å²) < 4.78 is 1.66. The standard InChI is InChI=1S/C14H13N5O2/c15-12(21)10-11-14(19(6-7-20)8-16-11)18-13(17-10)9-4-2-1-3-5-9/h1-5,8,20H,6-7H2,(H2,15,21). The molecular weight excluding hydrogens is 270 g/mol. The maximum absolute atomic E-state index is 11.6. The third kappa shape index (κ3) is 2.34. The minimum Gasteiger partial charge on any atom is -0.395 e. The molecule has 3 rings (SSSR count). The highest BCUT2D eigenvalue weighted by molar-refractivity contribution is 6.01. The molecule has 3 N–H and O–H groups in total. The molecule has 7 heteroatoms. The lowest BCUT2D eigenvalue weighted by molar-refractivity contribution is 0.0997. The van der Waals surface area contributed by atoms with E-state index in [4.69, 9.17) is 10.8 Å². The van der Waals surface area contributed by atoms with Crippen LogP contribution < -0.4 is 5.73 Å². The third-order valence-electron chi connectivity index (χ3n) is 3.07. The SMILES string of the molecule is NC(=O)c1nc(-c2ccccc2)nc2c1ncn2CCO. The highest BCUT2D eigenvalue weighted by Crippen LogP contribution is 2.20. The molecule has 0 bridgehead atoms. The number of nitrogens with zero attached hydrogens (tertiary/aromatic N) is 4. The first-order valence-corrected chi connectivity index (χ1v) is 6.39. The predicted molar refractivity (Wildman–Crippen MR) is 76.4 cm³/mol. The second-order valence-electron chi connectivity index (χ2n) is 4.46. The van der Waals surface area contributed by atoms with Crippen LogP contribution in [0.1, 0.15) is 10.5 Å². The summed E-state index contributed by atoms with van der Waals surface area (Å²) in [6, 6.07) is 9.29. The Labute approximate surface area is 120 Å². The minimum atomic E-state index is -0.658. The molecule has 0 saturated carbocycles. The van der Waals surface area contributed by atoms with Crippen LogP contribution in [0, 0.1) is 0 Å². The predicted octanol–water partition coefficient (Wildman–Crippen LogP) is 0.584. The summed E-state index contributed by atoms with van der Waals surface area (Å²) in [6.07, 6.45) is 1.51. The van der Waals surface area contributed by atoms with Crippen molar-refractivity contribution >= 4 is 17.1 Å². The van der Waals surface area contributed by atoms with E-state index < -0.39 is 5.91 Å². The van der Waals surface area contributed by atoms with Crippen LogP contribution in [-0.2, 0) is 6.54 Å². The summed E-state index contributed by atoms with van der Waals surface area (Å²) in [5.74, 6) is -0.259. The Hall–Kier alpha value is -2.80. The molecule has 0 unspecified atom stereocenters. The van der Waals surface area contributed by atoms with Crippen molar-refractivity contribution in [3.8, 4) is 11.4 Å². The first-order valence-electron chi connectivity index (χ1n) is 6.39. The fourth-order valence-corrected chi connectivity index (χ4v) is 2.10. The normalized spacial score (nSPS) is 10.9. The Balaban J connectivity index is 2.27. The average molecular weight is 283 g/mol. The van der Waals surface area contributed by atoms with E-state index in [1.54, 1.807) is 4.57 Å². The van der Waals surface area contributed by atoms with Gasteiger partial charge in [0, 0.05) is 12.1 Å². The molecule has 0 fully saturated rings. The molecule has 3 aromatic rings. The largest absolute Gasteiger partial charge is 0.395 e. The molecule has 2 aromatic heterocycles. The van der Waals surface area contributed by atoms with Gasteiger partial charge in [0.05, 0.1) is 12.9 Å². The number of rotatable bonds is 4. The summed E-state index contributed by atoms with van der Waals surface area (Å²) in [5, 5.41) is 9.08. The topological polar surface area (TPSA) is 107 Å². The smallest absolute Gasteiger partial charge is 0.269 e. The van der Waals surface area contributed by atoms with Crippen LogP contribution in [0.4, 0.5) is 0 Å². The maximum atomic E-state index is 11.6. The summed E-state index contributed by atoms with van der Waals surface area (Å²) >= 11 is 0. The maximum Gasteiger partial charge on any atom is 0.269 e. The average Bonchev–Trinajstić information content (AvgIpc) is 2.90. The van der Waals surface area contributed by atoms with E-state index in [-0.39, 0.29) is 12.3 Å². The highest BCUT2D eigenvalue weighted by atomic mass is 16.3. The van der Waals surface area contributed by atoms with Gasteiger partial charge in [-0.05, 0) is 0 Å². The van der Waals surface area contributed by atoms with Crippen molar-refractivity contribution in [3.05, 3.63) is 42.4 Å². The third-order valence-corrected chi connectivity index (χ3v) is 3.07. The van der Waals surface area contributed by atoms with Gasteiger partial charge in [0.2, 0.25) is 0 Å². The number of aliphatic hydroxyl groups excluding tert-OH is 1. The Morgan fingerprint density at radius 3 is 2.67 bits per heavy atom. The molecular formula is C14H13N5O2. The fourth-order valence-electron chi connectivity index (χ4n) is 2.10. The number of imidazole rings is 1. The van der Waals surface area contributed by atoms with E-state index >= 15 is 0 Å². The molecule has 1 amide bonds. The number of nitrogens with two attached hydrogens (primary N) is 1. The Bertz CT molecular complexity index is 798. The van der Waals surface area contributed by atoms with E-state index in [1.165, 1.54) is 6.33 Å². The monoisotopic (exact) mass is 283 g/mol. The van der Waals surface area contributed by atoms with Crippen molar-refractivity contribution < 1.29 is 9.90 Å². The van der Waals surface area contributed by atoms with Crippen LogP contribution in [0.2, 0.25) is 0 Å². The molecule has 21 heavy (non-hydrogen) atoms. The van der Waals surface area contributed by atoms with E-state index in [1.807, 2.05) is 30.3 Å². The highest BCUT2D eigenvalue weighted by Gasteiger charge is 2.17. The summed E-state index contributed by atoms with van der Waals surface area (Å²) in [5.41, 5.74) is 7.06. The number of hydrogen-bond donors (Lipinski definition) is 2. The van der Waals surface area contributed by atoms with Gasteiger partial charge >= 0.3 is 0 Å². The van der Waals surface area contributed by atoms with Gasteiger partial charge in [-0.2, -0.15) is 0 Å². The number of fused-ring (bicyclic) bond motifs is 1. The van der Waals surface area contributed by atoms with Gasteiger partial charge in [0.25, 0.3) is 5.91 Å². The van der Waals surface area contributed by atoms with Crippen molar-refractivity contribution in [3.63, 3.8) is 0 Å². The van der Waals surface area contributed by atoms with E-state index in [0.29, 0.717) is 23.5 Å². The minimum absolute atomic E-state index is 0.0535. The quantitative estimate of drug-likeness (QED) is 0.728. The molecule has 0 aliphatic carbocycles. The zero-order valence-electron chi connectivity index (χ0n) is 11.1. The Kier molecular flexibility index (Phi) is 3.33.